The maximum Gasteiger partial charge on any atom is 0.228 e. The summed E-state index contributed by atoms with van der Waals surface area (Å²) in [5.74, 6) is 1.18. The van der Waals surface area contributed by atoms with Crippen LogP contribution in [0.3, 0.4) is 0 Å². The second-order valence-electron chi connectivity index (χ2n) is 8.35. The summed E-state index contributed by atoms with van der Waals surface area (Å²) < 4.78 is 11.0. The van der Waals surface area contributed by atoms with Crippen molar-refractivity contribution >= 4 is 11.8 Å². The molecule has 160 valence electrons. The van der Waals surface area contributed by atoms with Crippen molar-refractivity contribution in [3.05, 3.63) is 23.8 Å². The van der Waals surface area contributed by atoms with Crippen LogP contribution in [0.4, 0.5) is 0 Å². The van der Waals surface area contributed by atoms with Gasteiger partial charge in [0.25, 0.3) is 0 Å². The molecule has 1 aromatic rings. The predicted molar refractivity (Wildman–Crippen MR) is 111 cm³/mol. The van der Waals surface area contributed by atoms with Crippen molar-refractivity contribution in [2.24, 2.45) is 11.8 Å². The number of rotatable bonds is 5. The van der Waals surface area contributed by atoms with Crippen LogP contribution in [0.25, 0.3) is 0 Å². The van der Waals surface area contributed by atoms with E-state index in [0.29, 0.717) is 13.1 Å². The number of nitrogens with zero attached hydrogens (tertiary/aromatic N) is 3. The van der Waals surface area contributed by atoms with E-state index >= 15 is 0 Å². The lowest BCUT2D eigenvalue weighted by molar-refractivity contribution is -0.138. The maximum atomic E-state index is 13.5. The summed E-state index contributed by atoms with van der Waals surface area (Å²) >= 11 is 0. The zero-order valence-corrected chi connectivity index (χ0v) is 18.2. The monoisotopic (exact) mass is 403 g/mol. The summed E-state index contributed by atoms with van der Waals surface area (Å²) in [4.78, 5) is 32.2. The van der Waals surface area contributed by atoms with Gasteiger partial charge in [-0.15, -0.1) is 0 Å². The minimum Gasteiger partial charge on any atom is -0.497 e. The van der Waals surface area contributed by atoms with Crippen LogP contribution < -0.4 is 9.47 Å². The lowest BCUT2D eigenvalue weighted by Gasteiger charge is -2.35. The maximum absolute atomic E-state index is 13.5. The average Bonchev–Trinajstić information content (AvgIpc) is 3.17. The van der Waals surface area contributed by atoms with E-state index < -0.39 is 0 Å². The Morgan fingerprint density at radius 1 is 1.00 bits per heavy atom. The van der Waals surface area contributed by atoms with E-state index in [4.69, 9.17) is 9.47 Å². The molecule has 3 rings (SSSR count). The van der Waals surface area contributed by atoms with Crippen molar-refractivity contribution in [1.29, 1.82) is 0 Å². The summed E-state index contributed by atoms with van der Waals surface area (Å²) in [5.41, 5.74) is 0.929. The SMILES string of the molecule is COc1ccc(OC)c([C@H]2CN(C(=O)C(C)C)C[C@H]2C(=O)N2CCN(C)CC2)c1. The fraction of sp³-hybridized carbons (Fsp3) is 0.636. The molecule has 0 aromatic heterocycles. The van der Waals surface area contributed by atoms with Crippen molar-refractivity contribution in [2.75, 3.05) is 60.5 Å². The van der Waals surface area contributed by atoms with Gasteiger partial charge in [0.2, 0.25) is 11.8 Å². The molecule has 2 aliphatic heterocycles. The van der Waals surface area contributed by atoms with Gasteiger partial charge in [-0.2, -0.15) is 0 Å². The predicted octanol–water partition coefficient (Wildman–Crippen LogP) is 1.68. The van der Waals surface area contributed by atoms with Gasteiger partial charge in [0.1, 0.15) is 11.5 Å². The number of likely N-dealkylation sites (tertiary alicyclic amines) is 1. The molecule has 0 aliphatic carbocycles. The van der Waals surface area contributed by atoms with E-state index in [2.05, 4.69) is 11.9 Å². The van der Waals surface area contributed by atoms with Crippen LogP contribution in [-0.2, 0) is 9.59 Å². The molecule has 7 nitrogen and oxygen atoms in total. The second kappa shape index (κ2) is 9.03. The first kappa shape index (κ1) is 21.4. The number of amides is 2. The number of likely N-dealkylation sites (N-methyl/N-ethyl adjacent to an activating group) is 1. The standard InChI is InChI=1S/C22H33N3O4/c1-15(2)21(26)25-13-18(17-12-16(28-4)6-7-20(17)29-5)19(14-25)22(27)24-10-8-23(3)9-11-24/h6-7,12,15,18-19H,8-11,13-14H2,1-5H3/t18-,19-/m1/s1. The molecule has 0 radical (unpaired) electrons. The molecule has 0 saturated carbocycles. The Balaban J connectivity index is 1.93. The number of piperazine rings is 1. The van der Waals surface area contributed by atoms with Crippen LogP contribution in [0.2, 0.25) is 0 Å². The molecule has 2 fully saturated rings. The van der Waals surface area contributed by atoms with Crippen LogP contribution in [0.5, 0.6) is 11.5 Å². The normalized spacial score (nSPS) is 22.8. The molecule has 0 unspecified atom stereocenters. The number of methoxy groups -OCH3 is 2. The second-order valence-corrected chi connectivity index (χ2v) is 8.35. The zero-order valence-electron chi connectivity index (χ0n) is 18.2. The summed E-state index contributed by atoms with van der Waals surface area (Å²) in [6, 6.07) is 5.67. The van der Waals surface area contributed by atoms with Crippen LogP contribution in [0.15, 0.2) is 18.2 Å². The van der Waals surface area contributed by atoms with Gasteiger partial charge >= 0.3 is 0 Å². The lowest BCUT2D eigenvalue weighted by atomic mass is 9.87. The Kier molecular flexibility index (Phi) is 6.67. The molecule has 2 aliphatic rings. The Morgan fingerprint density at radius 3 is 2.28 bits per heavy atom. The van der Waals surface area contributed by atoms with Gasteiger partial charge in [-0.25, -0.2) is 0 Å². The van der Waals surface area contributed by atoms with Crippen molar-refractivity contribution in [3.8, 4) is 11.5 Å². The molecule has 0 spiro atoms. The smallest absolute Gasteiger partial charge is 0.228 e. The molecule has 2 amide bonds. The van der Waals surface area contributed by atoms with E-state index in [1.165, 1.54) is 0 Å². The first-order valence-corrected chi connectivity index (χ1v) is 10.3. The Morgan fingerprint density at radius 2 is 1.69 bits per heavy atom. The van der Waals surface area contributed by atoms with Gasteiger partial charge in [0.05, 0.1) is 20.1 Å². The van der Waals surface area contributed by atoms with Gasteiger partial charge in [-0.05, 0) is 25.2 Å². The van der Waals surface area contributed by atoms with E-state index in [0.717, 1.165) is 43.2 Å². The molecule has 2 heterocycles. The lowest BCUT2D eigenvalue weighted by Crippen LogP contribution is -2.50. The molecule has 7 heteroatoms. The topological polar surface area (TPSA) is 62.3 Å². The van der Waals surface area contributed by atoms with Crippen molar-refractivity contribution < 1.29 is 19.1 Å². The fourth-order valence-corrected chi connectivity index (χ4v) is 4.30. The van der Waals surface area contributed by atoms with Crippen molar-refractivity contribution in [2.45, 2.75) is 19.8 Å². The molecule has 1 aromatic carbocycles. The van der Waals surface area contributed by atoms with E-state index in [1.54, 1.807) is 14.2 Å². The van der Waals surface area contributed by atoms with Crippen LogP contribution in [0.1, 0.15) is 25.3 Å². The minimum absolute atomic E-state index is 0.0885. The number of hydrogen-bond acceptors (Lipinski definition) is 5. The molecular weight excluding hydrogens is 370 g/mol. The van der Waals surface area contributed by atoms with Crippen LogP contribution in [0, 0.1) is 11.8 Å². The summed E-state index contributed by atoms with van der Waals surface area (Å²) in [6.07, 6.45) is 0. The van der Waals surface area contributed by atoms with Crippen LogP contribution in [-0.4, -0.2) is 87.0 Å². The van der Waals surface area contributed by atoms with Gasteiger partial charge < -0.3 is 24.2 Å². The van der Waals surface area contributed by atoms with E-state index in [9.17, 15) is 9.59 Å². The molecule has 2 atom stereocenters. The highest BCUT2D eigenvalue weighted by molar-refractivity contribution is 5.84. The largest absolute Gasteiger partial charge is 0.497 e. The summed E-state index contributed by atoms with van der Waals surface area (Å²) in [6.45, 7) is 7.98. The Hall–Kier alpha value is -2.28. The fourth-order valence-electron chi connectivity index (χ4n) is 4.30. The Labute approximate surface area is 173 Å². The number of carbonyl (C=O) groups is 2. The average molecular weight is 404 g/mol. The van der Waals surface area contributed by atoms with Crippen LogP contribution >= 0.6 is 0 Å². The van der Waals surface area contributed by atoms with Crippen molar-refractivity contribution in [1.82, 2.24) is 14.7 Å². The molecule has 0 bridgehead atoms. The molecule has 0 N–H and O–H groups in total. The molecular formula is C22H33N3O4. The van der Waals surface area contributed by atoms with E-state index in [1.807, 2.05) is 41.8 Å². The molecule has 29 heavy (non-hydrogen) atoms. The minimum atomic E-state index is -0.276. The van der Waals surface area contributed by atoms with Crippen molar-refractivity contribution in [3.63, 3.8) is 0 Å². The molecule has 2 saturated heterocycles. The van der Waals surface area contributed by atoms with Gasteiger partial charge in [0.15, 0.2) is 0 Å². The summed E-state index contributed by atoms with van der Waals surface area (Å²) in [7, 11) is 5.33. The Bertz CT molecular complexity index is 744. The highest BCUT2D eigenvalue weighted by Crippen LogP contribution is 2.40. The highest BCUT2D eigenvalue weighted by atomic mass is 16.5. The number of ether oxygens (including phenoxy) is 2. The van der Waals surface area contributed by atoms with Gasteiger partial charge in [-0.1, -0.05) is 13.8 Å². The number of carbonyl (C=O) groups excluding carboxylic acids is 2. The van der Waals surface area contributed by atoms with E-state index in [-0.39, 0.29) is 29.6 Å². The quantitative estimate of drug-likeness (QED) is 0.749. The first-order chi connectivity index (χ1) is 13.8. The number of hydrogen-bond donors (Lipinski definition) is 0. The third-order valence-electron chi connectivity index (χ3n) is 6.09. The highest BCUT2D eigenvalue weighted by Gasteiger charge is 2.43. The number of benzene rings is 1. The van der Waals surface area contributed by atoms with Gasteiger partial charge in [-0.3, -0.25) is 9.59 Å². The third kappa shape index (κ3) is 4.50. The van der Waals surface area contributed by atoms with Gasteiger partial charge in [0, 0.05) is 56.7 Å². The summed E-state index contributed by atoms with van der Waals surface area (Å²) in [5, 5.41) is 0. The third-order valence-corrected chi connectivity index (χ3v) is 6.09. The zero-order chi connectivity index (χ0) is 21.1. The first-order valence-electron chi connectivity index (χ1n) is 10.3.